The molecule has 0 aliphatic rings. The fraction of sp³-hybridized carbons (Fsp3) is 0.156. The Hall–Kier alpha value is -12.2. The molecule has 597 valence electrons. The molecule has 117 heavy (non-hydrogen) atoms. The summed E-state index contributed by atoms with van der Waals surface area (Å²) in [7, 11) is 0. The Bertz CT molecular complexity index is 6750. The van der Waals surface area contributed by atoms with Crippen LogP contribution in [0.3, 0.4) is 0 Å². The van der Waals surface area contributed by atoms with Gasteiger partial charge in [-0.1, -0.05) is 97.6 Å². The summed E-state index contributed by atoms with van der Waals surface area (Å²) in [5.74, 6) is 2.34. The second-order valence-corrected chi connectivity index (χ2v) is 28.4. The van der Waals surface area contributed by atoms with Crippen LogP contribution in [0.15, 0.2) is 244 Å². The summed E-state index contributed by atoms with van der Waals surface area (Å²) in [5.41, 5.74) is 24.5. The fourth-order valence-electron chi connectivity index (χ4n) is 13.6. The molecule has 0 aliphatic carbocycles. The van der Waals surface area contributed by atoms with Gasteiger partial charge in [-0.2, -0.15) is 0 Å². The van der Waals surface area contributed by atoms with E-state index in [0.29, 0.717) is 17.1 Å². The molecule has 12 heterocycles. The van der Waals surface area contributed by atoms with E-state index in [4.69, 9.17) is 46.8 Å². The van der Waals surface area contributed by atoms with Gasteiger partial charge in [-0.15, -0.1) is 54.6 Å². The van der Waals surface area contributed by atoms with E-state index in [1.807, 2.05) is 136 Å². The normalized spacial score (nSPS) is 11.4. The summed E-state index contributed by atoms with van der Waals surface area (Å²) in [6.45, 7) is 27.0. The van der Waals surface area contributed by atoms with Crippen LogP contribution in [0.25, 0.3) is 167 Å². The first-order valence-corrected chi connectivity index (χ1v) is 36.8. The number of fused-ring (bicyclic) bond motifs is 12. The van der Waals surface area contributed by atoms with Crippen molar-refractivity contribution in [3.05, 3.63) is 287 Å². The maximum Gasteiger partial charge on any atom is 0.216 e. The Morgan fingerprint density at radius 3 is 0.974 bits per heavy atom. The summed E-state index contributed by atoms with van der Waals surface area (Å²) in [5, 5.41) is 34.0. The van der Waals surface area contributed by atoms with E-state index < -0.39 is 0 Å². The van der Waals surface area contributed by atoms with Crippen LogP contribution in [-0.2, 0) is 74.7 Å². The number of carbonyl (C=O) groups excluding carboxylic acids is 3. The number of carbonyl (C=O) groups is 3. The number of allylic oxidation sites excluding steroid dienone is 6. The molecule has 18 aromatic rings. The Morgan fingerprint density at radius 1 is 0.333 bits per heavy atom. The van der Waals surface area contributed by atoms with E-state index in [0.717, 1.165) is 167 Å². The van der Waals surface area contributed by atoms with Crippen molar-refractivity contribution in [1.82, 2.24) is 29.9 Å². The van der Waals surface area contributed by atoms with Gasteiger partial charge in [0.2, 0.25) is 17.1 Å². The van der Waals surface area contributed by atoms with E-state index >= 15 is 0 Å². The molecule has 0 bridgehead atoms. The van der Waals surface area contributed by atoms with E-state index in [1.54, 1.807) is 0 Å². The van der Waals surface area contributed by atoms with Crippen molar-refractivity contribution < 1.29 is 117 Å². The summed E-state index contributed by atoms with van der Waals surface area (Å²) in [6, 6.07) is 64.9. The van der Waals surface area contributed by atoms with Gasteiger partial charge in [0, 0.05) is 163 Å². The second kappa shape index (κ2) is 37.6. The average molecular weight is 2090 g/mol. The number of ketones is 3. The van der Waals surface area contributed by atoms with Gasteiger partial charge in [-0.3, -0.25) is 14.4 Å². The first-order valence-electron chi connectivity index (χ1n) is 36.8. The van der Waals surface area contributed by atoms with Crippen LogP contribution in [0.1, 0.15) is 92.0 Å². The Morgan fingerprint density at radius 2 is 0.650 bits per heavy atom. The van der Waals surface area contributed by atoms with Crippen LogP contribution < -0.4 is 0 Å². The summed E-state index contributed by atoms with van der Waals surface area (Å²) >= 11 is 0. The number of aliphatic hydroxyl groups is 3. The van der Waals surface area contributed by atoms with Crippen molar-refractivity contribution in [3.8, 4) is 67.7 Å². The standard InChI is InChI=1S/C28H21N2O2.C27H19N2O2.C26H17N2O2.3C5H8O2.3Ir/c1-15-10-16(2)26(17(3)11-15)25-12-19-14-29-23(13-24(19)31-25)22-7-5-6-20-21-9-8-18(4)30-28(21)32-27(20)22;1-15-9-16(2)11-18(10-15)24-12-19-14-28-23(13-25(19)30-24)22-6-4-5-20-21-8-7-17(3)29-27(21)31-26(20)22;1-15-6-9-17(10-7-15)23-12-18-14-27-22(13-24(18)29-23)21-5-3-4-19-20-11-8-16(2)28-26(20)30-25(19)21;3*1-4(6)3-5(2)7;;;/h5-6,8-14H,1-4H3;4-5,7-14H,1-3H3;3-4,6-14H,1-2H3;3*3,6H,1-2H3;;;/q3*-1;;;;;;. The first-order chi connectivity index (χ1) is 54.6. The fourth-order valence-corrected chi connectivity index (χ4v) is 13.6. The quantitative estimate of drug-likeness (QED) is 0.0688. The van der Waals surface area contributed by atoms with Crippen LogP contribution in [0.2, 0.25) is 0 Å². The van der Waals surface area contributed by atoms with Crippen molar-refractivity contribution in [2.45, 2.75) is 104 Å². The van der Waals surface area contributed by atoms with Crippen molar-refractivity contribution >= 4 is 116 Å². The largest absolute Gasteiger partial charge is 0.512 e. The number of aliphatic hydroxyl groups excluding tert-OH is 3. The predicted molar refractivity (Wildman–Crippen MR) is 450 cm³/mol. The summed E-state index contributed by atoms with van der Waals surface area (Å²) in [6.07, 6.45) is 9.04. The monoisotopic (exact) mass is 2090 g/mol. The molecule has 0 saturated carbocycles. The summed E-state index contributed by atoms with van der Waals surface area (Å²) < 4.78 is 37.0. The molecular formula is C96H81Ir3N6O12-3. The van der Waals surface area contributed by atoms with E-state index in [-0.39, 0.29) is 94.9 Å². The van der Waals surface area contributed by atoms with Gasteiger partial charge in [-0.05, 0) is 217 Å². The van der Waals surface area contributed by atoms with Crippen LogP contribution in [0, 0.1) is 80.5 Å². The van der Waals surface area contributed by atoms with Crippen molar-refractivity contribution in [2.24, 2.45) is 0 Å². The zero-order chi connectivity index (χ0) is 80.9. The minimum absolute atomic E-state index is 0. The maximum absolute atomic E-state index is 10.0. The number of aryl methyl sites for hydroxylation is 9. The van der Waals surface area contributed by atoms with Crippen LogP contribution in [0.4, 0.5) is 0 Å². The third kappa shape index (κ3) is 20.4. The first kappa shape index (κ1) is 87.2. The van der Waals surface area contributed by atoms with Crippen LogP contribution in [0.5, 0.6) is 0 Å². The number of nitrogens with zero attached hydrogens (tertiary/aromatic N) is 6. The molecule has 0 saturated heterocycles. The molecule has 0 fully saturated rings. The van der Waals surface area contributed by atoms with E-state index in [2.05, 4.69) is 151 Å². The molecule has 6 aromatic carbocycles. The second-order valence-electron chi connectivity index (χ2n) is 28.4. The molecule has 12 aromatic heterocycles. The predicted octanol–water partition coefficient (Wildman–Crippen LogP) is 24.6. The molecule has 0 amide bonds. The number of benzene rings is 6. The van der Waals surface area contributed by atoms with Gasteiger partial charge in [0.05, 0.1) is 34.0 Å². The zero-order valence-electron chi connectivity index (χ0n) is 66.8. The third-order valence-corrected chi connectivity index (χ3v) is 18.3. The Labute approximate surface area is 715 Å². The summed E-state index contributed by atoms with van der Waals surface area (Å²) in [4.78, 5) is 57.7. The van der Waals surface area contributed by atoms with Crippen LogP contribution >= 0.6 is 0 Å². The van der Waals surface area contributed by atoms with Gasteiger partial charge in [0.25, 0.3) is 0 Å². The molecule has 21 heteroatoms. The number of hydrogen-bond donors (Lipinski definition) is 3. The van der Waals surface area contributed by atoms with Crippen molar-refractivity contribution in [1.29, 1.82) is 0 Å². The number of furan rings is 6. The van der Waals surface area contributed by atoms with Gasteiger partial charge in [-0.25, -0.2) is 15.0 Å². The molecule has 0 unspecified atom stereocenters. The molecule has 3 radical (unpaired) electrons. The topological polar surface area (TPSA) is 268 Å². The minimum Gasteiger partial charge on any atom is -0.512 e. The Balaban J connectivity index is 0.000000163. The number of hydrogen-bond acceptors (Lipinski definition) is 18. The zero-order valence-corrected chi connectivity index (χ0v) is 73.9. The molecule has 0 aliphatic heterocycles. The molecule has 18 rings (SSSR count). The van der Waals surface area contributed by atoms with Crippen LogP contribution in [-0.4, -0.2) is 62.6 Å². The Kier molecular flexibility index (Phi) is 28.0. The van der Waals surface area contributed by atoms with Gasteiger partial charge in [0.1, 0.15) is 34.0 Å². The van der Waals surface area contributed by atoms with E-state index in [9.17, 15) is 14.4 Å². The van der Waals surface area contributed by atoms with Gasteiger partial charge >= 0.3 is 0 Å². The van der Waals surface area contributed by atoms with Gasteiger partial charge < -0.3 is 56.8 Å². The van der Waals surface area contributed by atoms with E-state index in [1.165, 1.54) is 93.2 Å². The number of rotatable bonds is 9. The molecule has 18 nitrogen and oxygen atoms in total. The molecule has 0 spiro atoms. The molecule has 0 atom stereocenters. The minimum atomic E-state index is -0.125. The van der Waals surface area contributed by atoms with Crippen molar-refractivity contribution in [2.75, 3.05) is 0 Å². The molecular weight excluding hydrogens is 2010 g/mol. The molecule has 3 N–H and O–H groups in total. The van der Waals surface area contributed by atoms with Gasteiger partial charge in [0.15, 0.2) is 17.3 Å². The maximum atomic E-state index is 10.0. The number of pyridine rings is 6. The smallest absolute Gasteiger partial charge is 0.216 e. The third-order valence-electron chi connectivity index (χ3n) is 18.3. The number of aromatic nitrogens is 6. The van der Waals surface area contributed by atoms with Crippen molar-refractivity contribution in [3.63, 3.8) is 0 Å². The SMILES string of the molecule is CC(=O)C=C(C)O.CC(=O)C=C(C)O.CC(=O)C=C(C)O.Cc1cc(C)c(-c2cc3cnc(-c4[c-]ccc5c4oc4nc(C)ccc45)cc3o2)c(C)c1.Cc1cc(C)cc(-c2cc3cnc(-c4[c-]ccc5c4oc4nc(C)ccc45)cc3o2)c1.Cc1ccc(-c2cc3cnc(-c4[c-]ccc5c4oc4nc(C)ccc45)cc3o2)cc1.[Ir].[Ir].[Ir]. The average Bonchev–Trinajstić information content (AvgIpc) is 1.62.